The third kappa shape index (κ3) is 5.49. The van der Waals surface area contributed by atoms with Gasteiger partial charge in [-0.15, -0.1) is 0 Å². The van der Waals surface area contributed by atoms with Crippen molar-refractivity contribution in [3.63, 3.8) is 0 Å². The van der Waals surface area contributed by atoms with E-state index in [9.17, 15) is 14.7 Å². The monoisotopic (exact) mass is 345 g/mol. The van der Waals surface area contributed by atoms with Crippen LogP contribution in [-0.4, -0.2) is 55.7 Å². The minimum absolute atomic E-state index is 0.0841. The lowest BCUT2D eigenvalue weighted by molar-refractivity contribution is -0.143. The van der Waals surface area contributed by atoms with E-state index in [1.165, 1.54) is 4.90 Å². The van der Waals surface area contributed by atoms with E-state index in [1.54, 1.807) is 6.92 Å². The van der Waals surface area contributed by atoms with Gasteiger partial charge in [-0.3, -0.25) is 4.79 Å². The zero-order valence-corrected chi connectivity index (χ0v) is 16.2. The van der Waals surface area contributed by atoms with Crippen molar-refractivity contribution >= 4 is 20.4 Å². The summed E-state index contributed by atoms with van der Waals surface area (Å²) >= 11 is 0. The standard InChI is InChI=1S/C16H31NO5Si/c1-7-21-14(18)9-8-12-10-13(11-17(12)15(19)20)22-23(5,6)16(2,3)4/h12-13H,7-11H2,1-6H3,(H,19,20)/t12-,13-/m1/s1. The largest absolute Gasteiger partial charge is 0.466 e. The highest BCUT2D eigenvalue weighted by atomic mass is 28.4. The van der Waals surface area contributed by atoms with Crippen LogP contribution < -0.4 is 0 Å². The Morgan fingerprint density at radius 2 is 1.91 bits per heavy atom. The third-order valence-electron chi connectivity index (χ3n) is 4.88. The first-order valence-electron chi connectivity index (χ1n) is 8.31. The maximum absolute atomic E-state index is 11.5. The second-order valence-corrected chi connectivity index (χ2v) is 12.4. The lowest BCUT2D eigenvalue weighted by atomic mass is 10.1. The van der Waals surface area contributed by atoms with Crippen LogP contribution in [0, 0.1) is 0 Å². The quantitative estimate of drug-likeness (QED) is 0.589. The summed E-state index contributed by atoms with van der Waals surface area (Å²) in [5, 5.41) is 9.48. The molecule has 1 amide bonds. The molecule has 2 atom stereocenters. The fourth-order valence-corrected chi connectivity index (χ4v) is 3.94. The summed E-state index contributed by atoms with van der Waals surface area (Å²) in [5.74, 6) is -0.272. The van der Waals surface area contributed by atoms with Crippen LogP contribution in [0.25, 0.3) is 0 Å². The molecule has 7 heteroatoms. The van der Waals surface area contributed by atoms with E-state index in [0.29, 0.717) is 26.0 Å². The summed E-state index contributed by atoms with van der Waals surface area (Å²) in [6.07, 6.45) is 0.356. The number of hydrogen-bond acceptors (Lipinski definition) is 4. The fraction of sp³-hybridized carbons (Fsp3) is 0.875. The number of ether oxygens (including phenoxy) is 1. The smallest absolute Gasteiger partial charge is 0.407 e. The van der Waals surface area contributed by atoms with E-state index >= 15 is 0 Å². The highest BCUT2D eigenvalue weighted by molar-refractivity contribution is 6.74. The summed E-state index contributed by atoms with van der Waals surface area (Å²) in [5.41, 5.74) is 0. The Morgan fingerprint density at radius 1 is 1.30 bits per heavy atom. The highest BCUT2D eigenvalue weighted by Crippen LogP contribution is 2.39. The van der Waals surface area contributed by atoms with Crippen LogP contribution in [-0.2, 0) is 14.0 Å². The van der Waals surface area contributed by atoms with E-state index in [2.05, 4.69) is 33.9 Å². The van der Waals surface area contributed by atoms with Crippen molar-refractivity contribution in [2.75, 3.05) is 13.2 Å². The van der Waals surface area contributed by atoms with Crippen molar-refractivity contribution < 1.29 is 23.9 Å². The normalized spacial score (nSPS) is 22.3. The maximum atomic E-state index is 11.5. The van der Waals surface area contributed by atoms with Gasteiger partial charge in [0.15, 0.2) is 8.32 Å². The van der Waals surface area contributed by atoms with Gasteiger partial charge in [0.05, 0.1) is 12.7 Å². The van der Waals surface area contributed by atoms with Gasteiger partial charge in [-0.2, -0.15) is 0 Å². The van der Waals surface area contributed by atoms with E-state index in [-0.39, 0.29) is 29.6 Å². The number of nitrogens with zero attached hydrogens (tertiary/aromatic N) is 1. The van der Waals surface area contributed by atoms with Gasteiger partial charge in [-0.05, 0) is 37.9 Å². The Morgan fingerprint density at radius 3 is 2.39 bits per heavy atom. The van der Waals surface area contributed by atoms with Crippen LogP contribution in [0.4, 0.5) is 4.79 Å². The van der Waals surface area contributed by atoms with E-state index in [0.717, 1.165) is 0 Å². The molecule has 1 aliphatic heterocycles. The van der Waals surface area contributed by atoms with Crippen LogP contribution in [0.15, 0.2) is 0 Å². The van der Waals surface area contributed by atoms with E-state index in [4.69, 9.17) is 9.16 Å². The predicted molar refractivity (Wildman–Crippen MR) is 91.1 cm³/mol. The average molecular weight is 346 g/mol. The number of carboxylic acid groups (broad SMARTS) is 1. The van der Waals surface area contributed by atoms with Crippen LogP contribution in [0.2, 0.25) is 18.1 Å². The Labute approximate surface area is 140 Å². The first kappa shape index (κ1) is 20.0. The Hall–Kier alpha value is -1.08. The molecule has 1 fully saturated rings. The van der Waals surface area contributed by atoms with Gasteiger partial charge in [0, 0.05) is 19.0 Å². The molecule has 1 N–H and O–H groups in total. The number of amides is 1. The van der Waals surface area contributed by atoms with Crippen molar-refractivity contribution in [1.29, 1.82) is 0 Å². The highest BCUT2D eigenvalue weighted by Gasteiger charge is 2.43. The summed E-state index contributed by atoms with van der Waals surface area (Å²) in [4.78, 5) is 24.4. The summed E-state index contributed by atoms with van der Waals surface area (Å²) in [6, 6.07) is -0.174. The molecule has 134 valence electrons. The van der Waals surface area contributed by atoms with Crippen LogP contribution in [0.1, 0.15) is 47.0 Å². The molecule has 0 radical (unpaired) electrons. The Kier molecular flexibility index (Phi) is 6.65. The molecule has 1 aliphatic rings. The minimum Gasteiger partial charge on any atom is -0.466 e. The van der Waals surface area contributed by atoms with E-state index < -0.39 is 14.4 Å². The maximum Gasteiger partial charge on any atom is 0.407 e. The molecular formula is C16H31NO5Si. The van der Waals surface area contributed by atoms with Crippen LogP contribution in [0.5, 0.6) is 0 Å². The second kappa shape index (κ2) is 7.66. The molecule has 0 aromatic rings. The molecule has 6 nitrogen and oxygen atoms in total. The summed E-state index contributed by atoms with van der Waals surface area (Å²) in [6.45, 7) is 13.3. The number of rotatable bonds is 6. The molecule has 0 aromatic carbocycles. The Bertz CT molecular complexity index is 433. The fourth-order valence-electron chi connectivity index (χ4n) is 2.58. The molecule has 0 saturated carbocycles. The van der Waals surface area contributed by atoms with Gasteiger partial charge in [0.1, 0.15) is 0 Å². The number of hydrogen-bond donors (Lipinski definition) is 1. The number of carbonyl (C=O) groups is 2. The van der Waals surface area contributed by atoms with Gasteiger partial charge >= 0.3 is 12.1 Å². The first-order valence-corrected chi connectivity index (χ1v) is 11.2. The molecule has 0 spiro atoms. The molecule has 1 rings (SSSR count). The zero-order chi connectivity index (χ0) is 17.8. The number of esters is 1. The van der Waals surface area contributed by atoms with Crippen LogP contribution in [0.3, 0.4) is 0 Å². The molecule has 0 unspecified atom stereocenters. The summed E-state index contributed by atoms with van der Waals surface area (Å²) < 4.78 is 11.3. The van der Waals surface area contributed by atoms with Crippen molar-refractivity contribution in [2.24, 2.45) is 0 Å². The minimum atomic E-state index is -1.93. The van der Waals surface area contributed by atoms with E-state index in [1.807, 2.05) is 0 Å². The topological polar surface area (TPSA) is 76.1 Å². The first-order chi connectivity index (χ1) is 10.5. The van der Waals surface area contributed by atoms with Gasteiger partial charge < -0.3 is 19.2 Å². The van der Waals surface area contributed by atoms with Crippen molar-refractivity contribution in [1.82, 2.24) is 4.90 Å². The molecule has 1 heterocycles. The van der Waals surface area contributed by atoms with Crippen LogP contribution >= 0.6 is 0 Å². The lowest BCUT2D eigenvalue weighted by Crippen LogP contribution is -2.44. The SMILES string of the molecule is CCOC(=O)CC[C@@H]1C[C@@H](O[Si](C)(C)C(C)(C)C)CN1C(=O)O. The van der Waals surface area contributed by atoms with Crippen molar-refractivity contribution in [3.05, 3.63) is 0 Å². The van der Waals surface area contributed by atoms with Gasteiger partial charge in [-0.25, -0.2) is 4.79 Å². The molecule has 23 heavy (non-hydrogen) atoms. The number of likely N-dealkylation sites (tertiary alicyclic amines) is 1. The third-order valence-corrected chi connectivity index (χ3v) is 9.41. The van der Waals surface area contributed by atoms with Gasteiger partial charge in [0.25, 0.3) is 0 Å². The molecular weight excluding hydrogens is 314 g/mol. The lowest BCUT2D eigenvalue weighted by Gasteiger charge is -2.38. The second-order valence-electron chi connectivity index (χ2n) is 7.67. The molecule has 0 bridgehead atoms. The van der Waals surface area contributed by atoms with Gasteiger partial charge in [0.2, 0.25) is 0 Å². The predicted octanol–water partition coefficient (Wildman–Crippen LogP) is 3.47. The number of carbonyl (C=O) groups excluding carboxylic acids is 1. The van der Waals surface area contributed by atoms with Gasteiger partial charge in [-0.1, -0.05) is 20.8 Å². The molecule has 0 aromatic heterocycles. The van der Waals surface area contributed by atoms with Crippen molar-refractivity contribution in [3.8, 4) is 0 Å². The molecule has 0 aliphatic carbocycles. The average Bonchev–Trinajstić information content (AvgIpc) is 2.78. The zero-order valence-electron chi connectivity index (χ0n) is 15.2. The van der Waals surface area contributed by atoms with Crippen molar-refractivity contribution in [2.45, 2.75) is 77.2 Å². The molecule has 1 saturated heterocycles. The Balaban J connectivity index is 2.67. The summed E-state index contributed by atoms with van der Waals surface area (Å²) in [7, 11) is -1.93.